The van der Waals surface area contributed by atoms with Crippen LogP contribution in [0, 0.1) is 11.8 Å². The Morgan fingerprint density at radius 3 is 2.87 bits per heavy atom. The minimum atomic E-state index is -0.0826. The molecule has 78 valence electrons. The highest BCUT2D eigenvalue weighted by Gasteiger charge is 2.11. The fraction of sp³-hybridized carbons (Fsp3) is 0.250. The quantitative estimate of drug-likeness (QED) is 0.463. The zero-order valence-electron chi connectivity index (χ0n) is 8.83. The van der Waals surface area contributed by atoms with Crippen molar-refractivity contribution in [3.05, 3.63) is 23.8 Å². The van der Waals surface area contributed by atoms with Crippen LogP contribution in [-0.4, -0.2) is 12.9 Å². The van der Waals surface area contributed by atoms with Crippen LogP contribution in [0.2, 0.25) is 0 Å². The lowest BCUT2D eigenvalue weighted by molar-refractivity contribution is 0.0998. The average molecular weight is 203 g/mol. The normalized spacial score (nSPS) is 8.93. The van der Waals surface area contributed by atoms with Crippen LogP contribution >= 0.6 is 0 Å². The standard InChI is InChI=1S/C12H13NO2/c1-3-4-7-10(14)9-6-5-8-11(15-2)12(9)13/h5-6,8H,7,13H2,1-2H3. The molecular formula is C12H13NO2. The predicted molar refractivity (Wildman–Crippen MR) is 59.8 cm³/mol. The van der Waals surface area contributed by atoms with Crippen molar-refractivity contribution in [2.24, 2.45) is 0 Å². The third-order valence-corrected chi connectivity index (χ3v) is 2.01. The summed E-state index contributed by atoms with van der Waals surface area (Å²) in [7, 11) is 1.52. The van der Waals surface area contributed by atoms with Crippen LogP contribution in [0.4, 0.5) is 5.69 Å². The lowest BCUT2D eigenvalue weighted by atomic mass is 10.1. The van der Waals surface area contributed by atoms with Gasteiger partial charge in [-0.2, -0.15) is 0 Å². The Hall–Kier alpha value is -1.95. The monoisotopic (exact) mass is 203 g/mol. The molecule has 15 heavy (non-hydrogen) atoms. The van der Waals surface area contributed by atoms with Crippen molar-refractivity contribution in [3.8, 4) is 17.6 Å². The Morgan fingerprint density at radius 2 is 2.27 bits per heavy atom. The van der Waals surface area contributed by atoms with Gasteiger partial charge in [0.15, 0.2) is 5.78 Å². The SMILES string of the molecule is CC#CCC(=O)c1cccc(OC)c1N. The van der Waals surface area contributed by atoms with Gasteiger partial charge in [-0.05, 0) is 19.1 Å². The molecule has 0 amide bonds. The van der Waals surface area contributed by atoms with Crippen LogP contribution in [0.1, 0.15) is 23.7 Å². The topological polar surface area (TPSA) is 52.3 Å². The number of ether oxygens (including phenoxy) is 1. The number of hydrogen-bond donors (Lipinski definition) is 1. The zero-order chi connectivity index (χ0) is 11.3. The Morgan fingerprint density at radius 1 is 1.53 bits per heavy atom. The predicted octanol–water partition coefficient (Wildman–Crippen LogP) is 1.87. The number of nitrogens with two attached hydrogens (primary N) is 1. The van der Waals surface area contributed by atoms with Crippen LogP contribution in [0.5, 0.6) is 5.75 Å². The lowest BCUT2D eigenvalue weighted by Crippen LogP contribution is -2.04. The first-order valence-electron chi connectivity index (χ1n) is 4.56. The van der Waals surface area contributed by atoms with E-state index >= 15 is 0 Å². The number of hydrogen-bond acceptors (Lipinski definition) is 3. The number of rotatable bonds is 3. The summed E-state index contributed by atoms with van der Waals surface area (Å²) < 4.78 is 5.03. The molecule has 3 nitrogen and oxygen atoms in total. The van der Waals surface area contributed by atoms with E-state index in [0.29, 0.717) is 17.0 Å². The van der Waals surface area contributed by atoms with Gasteiger partial charge in [-0.1, -0.05) is 12.0 Å². The number of para-hydroxylation sites is 1. The third-order valence-electron chi connectivity index (χ3n) is 2.01. The van der Waals surface area contributed by atoms with Gasteiger partial charge >= 0.3 is 0 Å². The van der Waals surface area contributed by atoms with Crippen LogP contribution in [0.25, 0.3) is 0 Å². The van der Waals surface area contributed by atoms with Gasteiger partial charge in [0, 0.05) is 5.56 Å². The van der Waals surface area contributed by atoms with Crippen molar-refractivity contribution in [3.63, 3.8) is 0 Å². The molecule has 0 bridgehead atoms. The van der Waals surface area contributed by atoms with E-state index in [1.807, 2.05) is 0 Å². The molecule has 1 aromatic rings. The summed E-state index contributed by atoms with van der Waals surface area (Å²) >= 11 is 0. The maximum atomic E-state index is 11.7. The van der Waals surface area contributed by atoms with Gasteiger partial charge in [-0.3, -0.25) is 4.79 Å². The molecule has 2 N–H and O–H groups in total. The molecule has 0 aliphatic heterocycles. The molecule has 0 unspecified atom stereocenters. The number of carbonyl (C=O) groups is 1. The Labute approximate surface area is 89.2 Å². The summed E-state index contributed by atoms with van der Waals surface area (Å²) in [5.74, 6) is 5.82. The molecule has 1 aromatic carbocycles. The van der Waals surface area contributed by atoms with Crippen LogP contribution in [0.3, 0.4) is 0 Å². The summed E-state index contributed by atoms with van der Waals surface area (Å²) in [4.78, 5) is 11.7. The Bertz CT molecular complexity index is 427. The highest BCUT2D eigenvalue weighted by molar-refractivity contribution is 6.03. The number of benzene rings is 1. The molecule has 0 radical (unpaired) electrons. The number of carbonyl (C=O) groups excluding carboxylic acids is 1. The van der Waals surface area contributed by atoms with Crippen molar-refractivity contribution < 1.29 is 9.53 Å². The molecule has 1 rings (SSSR count). The summed E-state index contributed by atoms with van der Waals surface area (Å²) in [6.07, 6.45) is 0.188. The molecule has 3 heteroatoms. The number of ketones is 1. The molecule has 0 fully saturated rings. The van der Waals surface area contributed by atoms with Gasteiger partial charge < -0.3 is 10.5 Å². The molecule has 0 spiro atoms. The van der Waals surface area contributed by atoms with Crippen LogP contribution in [0.15, 0.2) is 18.2 Å². The van der Waals surface area contributed by atoms with Gasteiger partial charge in [0.1, 0.15) is 5.75 Å². The van der Waals surface area contributed by atoms with Crippen molar-refractivity contribution in [2.45, 2.75) is 13.3 Å². The second kappa shape index (κ2) is 5.06. The fourth-order valence-electron chi connectivity index (χ4n) is 1.23. The highest BCUT2D eigenvalue weighted by atomic mass is 16.5. The molecule has 0 heterocycles. The van der Waals surface area contributed by atoms with Crippen LogP contribution in [-0.2, 0) is 0 Å². The minimum absolute atomic E-state index is 0.0826. The second-order valence-corrected chi connectivity index (χ2v) is 2.95. The average Bonchev–Trinajstić information content (AvgIpc) is 2.26. The van der Waals surface area contributed by atoms with E-state index in [2.05, 4.69) is 11.8 Å². The first kappa shape index (κ1) is 11.1. The first-order chi connectivity index (χ1) is 7.20. The van der Waals surface area contributed by atoms with Crippen molar-refractivity contribution in [2.75, 3.05) is 12.8 Å². The van der Waals surface area contributed by atoms with E-state index in [0.717, 1.165) is 0 Å². The van der Waals surface area contributed by atoms with Gasteiger partial charge in [0.25, 0.3) is 0 Å². The second-order valence-electron chi connectivity index (χ2n) is 2.95. The lowest BCUT2D eigenvalue weighted by Gasteiger charge is -2.07. The van der Waals surface area contributed by atoms with Crippen molar-refractivity contribution in [1.82, 2.24) is 0 Å². The van der Waals surface area contributed by atoms with E-state index < -0.39 is 0 Å². The molecule has 0 saturated heterocycles. The van der Waals surface area contributed by atoms with E-state index in [1.54, 1.807) is 25.1 Å². The summed E-state index contributed by atoms with van der Waals surface area (Å²) in [5, 5.41) is 0. The molecule has 0 aliphatic carbocycles. The number of anilines is 1. The van der Waals surface area contributed by atoms with Crippen molar-refractivity contribution in [1.29, 1.82) is 0 Å². The summed E-state index contributed by atoms with van der Waals surface area (Å²) in [5.41, 5.74) is 6.62. The third kappa shape index (κ3) is 2.50. The number of nitrogen functional groups attached to an aromatic ring is 1. The largest absolute Gasteiger partial charge is 0.495 e. The summed E-state index contributed by atoms with van der Waals surface area (Å²) in [6.45, 7) is 1.70. The Kier molecular flexibility index (Phi) is 3.75. The van der Waals surface area contributed by atoms with E-state index in [-0.39, 0.29) is 12.2 Å². The number of methoxy groups -OCH3 is 1. The first-order valence-corrected chi connectivity index (χ1v) is 4.56. The highest BCUT2D eigenvalue weighted by Crippen LogP contribution is 2.25. The molecule has 0 saturated carbocycles. The number of Topliss-reactive ketones (excluding diaryl/α,β-unsaturated/α-hetero) is 1. The fourth-order valence-corrected chi connectivity index (χ4v) is 1.23. The van der Waals surface area contributed by atoms with Gasteiger partial charge in [0.05, 0.1) is 19.2 Å². The van der Waals surface area contributed by atoms with Gasteiger partial charge in [-0.25, -0.2) is 0 Å². The Balaban J connectivity index is 3.02. The molecule has 0 atom stereocenters. The summed E-state index contributed by atoms with van der Waals surface area (Å²) in [6, 6.07) is 5.14. The smallest absolute Gasteiger partial charge is 0.176 e. The van der Waals surface area contributed by atoms with Gasteiger partial charge in [0.2, 0.25) is 0 Å². The minimum Gasteiger partial charge on any atom is -0.495 e. The van der Waals surface area contributed by atoms with Gasteiger partial charge in [-0.15, -0.1) is 5.92 Å². The molecule has 0 aromatic heterocycles. The van der Waals surface area contributed by atoms with Crippen LogP contribution < -0.4 is 10.5 Å². The van der Waals surface area contributed by atoms with E-state index in [4.69, 9.17) is 10.5 Å². The van der Waals surface area contributed by atoms with E-state index in [9.17, 15) is 4.79 Å². The van der Waals surface area contributed by atoms with Crippen molar-refractivity contribution >= 4 is 11.5 Å². The zero-order valence-corrected chi connectivity index (χ0v) is 8.83. The maximum absolute atomic E-state index is 11.7. The molecular weight excluding hydrogens is 190 g/mol. The maximum Gasteiger partial charge on any atom is 0.176 e. The van der Waals surface area contributed by atoms with E-state index in [1.165, 1.54) is 7.11 Å². The molecule has 0 aliphatic rings.